The Morgan fingerprint density at radius 2 is 2.00 bits per heavy atom. The van der Waals surface area contributed by atoms with E-state index in [1.807, 2.05) is 32.0 Å². The highest BCUT2D eigenvalue weighted by Gasteiger charge is 2.06. The van der Waals surface area contributed by atoms with E-state index in [9.17, 15) is 4.79 Å². The minimum atomic E-state index is 0.00298. The molecule has 0 bridgehead atoms. The van der Waals surface area contributed by atoms with Gasteiger partial charge in [0, 0.05) is 17.8 Å². The van der Waals surface area contributed by atoms with Crippen molar-refractivity contribution in [3.8, 4) is 11.6 Å². The van der Waals surface area contributed by atoms with Crippen LogP contribution in [0.15, 0.2) is 36.5 Å². The maximum Gasteiger partial charge on any atom is 0.219 e. The zero-order valence-corrected chi connectivity index (χ0v) is 10.7. The molecule has 18 heavy (non-hydrogen) atoms. The van der Waals surface area contributed by atoms with Crippen LogP contribution < -0.4 is 4.74 Å². The summed E-state index contributed by atoms with van der Waals surface area (Å²) in [5, 5.41) is 0. The van der Waals surface area contributed by atoms with E-state index in [-0.39, 0.29) is 5.78 Å². The predicted molar refractivity (Wildman–Crippen MR) is 70.2 cm³/mol. The van der Waals surface area contributed by atoms with Crippen LogP contribution in [-0.4, -0.2) is 10.8 Å². The van der Waals surface area contributed by atoms with Crippen molar-refractivity contribution in [3.63, 3.8) is 0 Å². The average Bonchev–Trinajstić information content (AvgIpc) is 2.35. The highest BCUT2D eigenvalue weighted by molar-refractivity contribution is 5.94. The summed E-state index contributed by atoms with van der Waals surface area (Å²) < 4.78 is 5.72. The van der Waals surface area contributed by atoms with Crippen LogP contribution >= 0.6 is 0 Å². The van der Waals surface area contributed by atoms with Crippen molar-refractivity contribution < 1.29 is 9.53 Å². The van der Waals surface area contributed by atoms with Gasteiger partial charge in [0.05, 0.1) is 0 Å². The van der Waals surface area contributed by atoms with Gasteiger partial charge in [-0.05, 0) is 44.0 Å². The molecule has 0 saturated carbocycles. The molecule has 0 radical (unpaired) electrons. The van der Waals surface area contributed by atoms with Crippen LogP contribution in [0.4, 0.5) is 0 Å². The van der Waals surface area contributed by atoms with Gasteiger partial charge in [-0.2, -0.15) is 0 Å². The van der Waals surface area contributed by atoms with E-state index in [4.69, 9.17) is 4.74 Å². The first kappa shape index (κ1) is 12.3. The van der Waals surface area contributed by atoms with Crippen molar-refractivity contribution in [3.05, 3.63) is 53.2 Å². The molecule has 2 aromatic rings. The van der Waals surface area contributed by atoms with E-state index >= 15 is 0 Å². The molecule has 0 N–H and O–H groups in total. The first-order chi connectivity index (χ1) is 8.58. The Hall–Kier alpha value is -2.16. The molecule has 0 unspecified atom stereocenters. The highest BCUT2D eigenvalue weighted by atomic mass is 16.5. The number of ether oxygens (including phenoxy) is 1. The van der Waals surface area contributed by atoms with Gasteiger partial charge in [-0.25, -0.2) is 4.98 Å². The summed E-state index contributed by atoms with van der Waals surface area (Å²) in [6.45, 7) is 5.55. The third kappa shape index (κ3) is 2.56. The lowest BCUT2D eigenvalue weighted by Gasteiger charge is -2.09. The van der Waals surface area contributed by atoms with Crippen LogP contribution in [0, 0.1) is 13.8 Å². The van der Waals surface area contributed by atoms with Gasteiger partial charge in [-0.3, -0.25) is 4.79 Å². The minimum absolute atomic E-state index is 0.00298. The molecule has 2 rings (SSSR count). The number of nitrogens with zero attached hydrogens (tertiary/aromatic N) is 1. The number of aryl methyl sites for hydroxylation is 1. The molecule has 0 aliphatic heterocycles. The van der Waals surface area contributed by atoms with E-state index in [2.05, 4.69) is 4.98 Å². The van der Waals surface area contributed by atoms with Crippen LogP contribution in [0.25, 0.3) is 0 Å². The molecule has 1 aromatic heterocycles. The Bertz CT molecular complexity index is 591. The standard InChI is InChI=1S/C15H15NO2/c1-10-5-4-6-14(11(10)2)18-15-9-13(12(3)17)7-8-16-15/h4-9H,1-3H3. The summed E-state index contributed by atoms with van der Waals surface area (Å²) in [6, 6.07) is 9.20. The van der Waals surface area contributed by atoms with Crippen LogP contribution in [0.2, 0.25) is 0 Å². The zero-order valence-electron chi connectivity index (χ0n) is 10.7. The summed E-state index contributed by atoms with van der Waals surface area (Å²) in [6.07, 6.45) is 1.58. The first-order valence-electron chi connectivity index (χ1n) is 5.79. The fourth-order valence-corrected chi connectivity index (χ4v) is 1.63. The average molecular weight is 241 g/mol. The molecule has 0 amide bonds. The molecular formula is C15H15NO2. The van der Waals surface area contributed by atoms with Gasteiger partial charge in [-0.15, -0.1) is 0 Å². The number of Topliss-reactive ketones (excluding diaryl/α,β-unsaturated/α-hetero) is 1. The van der Waals surface area contributed by atoms with Crippen molar-refractivity contribution in [2.75, 3.05) is 0 Å². The number of rotatable bonds is 3. The Kier molecular flexibility index (Phi) is 3.42. The van der Waals surface area contributed by atoms with Crippen LogP contribution in [0.5, 0.6) is 11.6 Å². The quantitative estimate of drug-likeness (QED) is 0.769. The number of ketones is 1. The minimum Gasteiger partial charge on any atom is -0.439 e. The lowest BCUT2D eigenvalue weighted by Crippen LogP contribution is -1.96. The molecule has 0 spiro atoms. The topological polar surface area (TPSA) is 39.2 Å². The molecule has 0 aliphatic rings. The molecule has 3 heteroatoms. The molecule has 1 heterocycles. The van der Waals surface area contributed by atoms with Crippen molar-refractivity contribution >= 4 is 5.78 Å². The number of carbonyl (C=O) groups excluding carboxylic acids is 1. The molecule has 0 fully saturated rings. The second-order valence-corrected chi connectivity index (χ2v) is 4.24. The van der Waals surface area contributed by atoms with Crippen LogP contribution in [0.1, 0.15) is 28.4 Å². The SMILES string of the molecule is CC(=O)c1ccnc(Oc2cccc(C)c2C)c1. The van der Waals surface area contributed by atoms with E-state index in [1.165, 1.54) is 6.92 Å². The molecule has 0 saturated heterocycles. The summed E-state index contributed by atoms with van der Waals surface area (Å²) in [4.78, 5) is 15.4. The largest absolute Gasteiger partial charge is 0.439 e. The third-order valence-electron chi connectivity index (χ3n) is 2.91. The van der Waals surface area contributed by atoms with Crippen molar-refractivity contribution in [1.82, 2.24) is 4.98 Å². The van der Waals surface area contributed by atoms with Crippen molar-refractivity contribution in [1.29, 1.82) is 0 Å². The van der Waals surface area contributed by atoms with E-state index in [1.54, 1.807) is 18.3 Å². The van der Waals surface area contributed by atoms with E-state index in [0.29, 0.717) is 11.4 Å². The number of hydrogen-bond acceptors (Lipinski definition) is 3. The normalized spacial score (nSPS) is 10.2. The smallest absolute Gasteiger partial charge is 0.219 e. The second kappa shape index (κ2) is 5.00. The summed E-state index contributed by atoms with van der Waals surface area (Å²) in [7, 11) is 0. The molecular weight excluding hydrogens is 226 g/mol. The fourth-order valence-electron chi connectivity index (χ4n) is 1.63. The second-order valence-electron chi connectivity index (χ2n) is 4.24. The van der Waals surface area contributed by atoms with Gasteiger partial charge in [0.2, 0.25) is 5.88 Å². The Morgan fingerprint density at radius 3 is 2.72 bits per heavy atom. The number of benzene rings is 1. The van der Waals surface area contributed by atoms with Gasteiger partial charge < -0.3 is 4.74 Å². The zero-order chi connectivity index (χ0) is 13.1. The maximum absolute atomic E-state index is 11.3. The maximum atomic E-state index is 11.3. The molecule has 0 aliphatic carbocycles. The Morgan fingerprint density at radius 1 is 1.22 bits per heavy atom. The number of pyridine rings is 1. The summed E-state index contributed by atoms with van der Waals surface area (Å²) in [5.41, 5.74) is 2.84. The van der Waals surface area contributed by atoms with Crippen LogP contribution in [-0.2, 0) is 0 Å². The molecule has 0 atom stereocenters. The summed E-state index contributed by atoms with van der Waals surface area (Å²) >= 11 is 0. The third-order valence-corrected chi connectivity index (χ3v) is 2.91. The van der Waals surface area contributed by atoms with Gasteiger partial charge >= 0.3 is 0 Å². The van der Waals surface area contributed by atoms with Crippen molar-refractivity contribution in [2.45, 2.75) is 20.8 Å². The summed E-state index contributed by atoms with van der Waals surface area (Å²) in [5.74, 6) is 1.21. The van der Waals surface area contributed by atoms with Gasteiger partial charge in [0.15, 0.2) is 5.78 Å². The first-order valence-corrected chi connectivity index (χ1v) is 5.79. The fraction of sp³-hybridized carbons (Fsp3) is 0.200. The monoisotopic (exact) mass is 241 g/mol. The predicted octanol–water partition coefficient (Wildman–Crippen LogP) is 3.69. The lowest BCUT2D eigenvalue weighted by molar-refractivity contribution is 0.101. The molecule has 3 nitrogen and oxygen atoms in total. The molecule has 1 aromatic carbocycles. The van der Waals surface area contributed by atoms with Crippen molar-refractivity contribution in [2.24, 2.45) is 0 Å². The number of hydrogen-bond donors (Lipinski definition) is 0. The van der Waals surface area contributed by atoms with E-state index < -0.39 is 0 Å². The highest BCUT2D eigenvalue weighted by Crippen LogP contribution is 2.25. The number of aromatic nitrogens is 1. The van der Waals surface area contributed by atoms with Gasteiger partial charge in [0.1, 0.15) is 5.75 Å². The lowest BCUT2D eigenvalue weighted by atomic mass is 10.1. The Balaban J connectivity index is 2.31. The Labute approximate surface area is 106 Å². The number of carbonyl (C=O) groups is 1. The molecule has 92 valence electrons. The van der Waals surface area contributed by atoms with E-state index in [0.717, 1.165) is 16.9 Å². The van der Waals surface area contributed by atoms with Gasteiger partial charge in [-0.1, -0.05) is 12.1 Å². The van der Waals surface area contributed by atoms with Gasteiger partial charge in [0.25, 0.3) is 0 Å². The van der Waals surface area contributed by atoms with Crippen LogP contribution in [0.3, 0.4) is 0 Å².